The second kappa shape index (κ2) is 12.0. The third-order valence-electron chi connectivity index (χ3n) is 5.60. The van der Waals surface area contributed by atoms with Gasteiger partial charge in [-0.1, -0.05) is 24.3 Å². The van der Waals surface area contributed by atoms with Gasteiger partial charge in [0.2, 0.25) is 0 Å². The predicted octanol–water partition coefficient (Wildman–Crippen LogP) is 7.06. The van der Waals surface area contributed by atoms with Gasteiger partial charge < -0.3 is 16.5 Å². The van der Waals surface area contributed by atoms with E-state index in [-0.39, 0.29) is 0 Å². The van der Waals surface area contributed by atoms with Crippen LogP contribution in [-0.2, 0) is 16.5 Å². The lowest BCUT2D eigenvalue weighted by Gasteiger charge is -2.44. The summed E-state index contributed by atoms with van der Waals surface area (Å²) < 4.78 is 28.3. The molecule has 0 unspecified atom stereocenters. The van der Waals surface area contributed by atoms with Crippen LogP contribution < -0.4 is 10.4 Å². The molecule has 2 rings (SSSR count). The van der Waals surface area contributed by atoms with Gasteiger partial charge in [0.05, 0.1) is 11.1 Å². The molecule has 2 aromatic rings. The van der Waals surface area contributed by atoms with Gasteiger partial charge in [-0.15, -0.1) is 0 Å². The van der Waals surface area contributed by atoms with Crippen molar-refractivity contribution >= 4 is 60.8 Å². The summed E-state index contributed by atoms with van der Waals surface area (Å²) in [5, 5.41) is 21.3. The minimum Gasteiger partial charge on any atom is -0.433 e. The molecule has 0 aliphatic rings. The first-order chi connectivity index (χ1) is 17.9. The van der Waals surface area contributed by atoms with Gasteiger partial charge in [0.1, 0.15) is 12.1 Å². The molecular weight excluding hydrogens is 597 g/mol. The topological polar surface area (TPSA) is 84.5 Å². The number of nitrogens with zero attached hydrogens (tertiary/aromatic N) is 2. The van der Waals surface area contributed by atoms with Gasteiger partial charge in [0.25, 0.3) is 0 Å². The van der Waals surface area contributed by atoms with Crippen LogP contribution in [0.3, 0.4) is 0 Å². The molecule has 40 heavy (non-hydrogen) atoms. The van der Waals surface area contributed by atoms with E-state index in [2.05, 4.69) is 122 Å². The van der Waals surface area contributed by atoms with Gasteiger partial charge in [0.15, 0.2) is 33.3 Å². The van der Waals surface area contributed by atoms with Gasteiger partial charge >= 0.3 is 17.1 Å². The third-order valence-corrected chi connectivity index (χ3v) is 24.7. The van der Waals surface area contributed by atoms with Gasteiger partial charge in [-0.3, -0.25) is 0 Å². The van der Waals surface area contributed by atoms with Gasteiger partial charge in [-0.25, -0.2) is 0 Å². The number of rotatable bonds is 11. The Morgan fingerprint density at radius 2 is 0.800 bits per heavy atom. The highest BCUT2D eigenvalue weighted by molar-refractivity contribution is 7.01. The van der Waals surface area contributed by atoms with Gasteiger partial charge in [-0.05, 0) is 125 Å². The zero-order valence-electron chi connectivity index (χ0n) is 27.0. The molecule has 0 spiro atoms. The molecule has 0 aliphatic carbocycles. The number of nitriles is 2. The van der Waals surface area contributed by atoms with Crippen LogP contribution >= 0.6 is 0 Å². The fourth-order valence-corrected chi connectivity index (χ4v) is 29.8. The van der Waals surface area contributed by atoms with Crippen molar-refractivity contribution in [3.8, 4) is 23.3 Å². The lowest BCUT2D eigenvalue weighted by Crippen LogP contribution is -2.71. The van der Waals surface area contributed by atoms with E-state index in [1.54, 1.807) is 12.1 Å². The molecule has 0 saturated carbocycles. The van der Waals surface area contributed by atoms with E-state index in [0.717, 1.165) is 21.5 Å². The van der Waals surface area contributed by atoms with Crippen molar-refractivity contribution in [3.63, 3.8) is 0 Å². The minimum atomic E-state index is -2.99. The molecule has 0 saturated heterocycles. The summed E-state index contributed by atoms with van der Waals surface area (Å²) in [7, 11) is -14.0. The standard InChI is InChI=1S/C28H48N2O4Si6/c1-35(2,3)31-39(13,32-36(4,5)6)27-18-17-24(23-15-16-25(21-29)26(19-23)22-30)20-28(27)40(14,33-37(7,8)9)34-38(10,11)12/h15-20H,1-14H3. The van der Waals surface area contributed by atoms with Crippen LogP contribution in [-0.4, -0.2) is 50.4 Å². The molecule has 12 heteroatoms. The number of hydrogen-bond donors (Lipinski definition) is 0. The maximum absolute atomic E-state index is 9.68. The van der Waals surface area contributed by atoms with Crippen molar-refractivity contribution in [2.75, 3.05) is 0 Å². The van der Waals surface area contributed by atoms with Crippen LogP contribution in [0.15, 0.2) is 36.4 Å². The zero-order valence-corrected chi connectivity index (χ0v) is 33.0. The highest BCUT2D eigenvalue weighted by Crippen LogP contribution is 2.28. The molecule has 0 bridgehead atoms. The maximum Gasteiger partial charge on any atom is 0.348 e. The van der Waals surface area contributed by atoms with E-state index in [4.69, 9.17) is 16.5 Å². The molecular formula is C28H48N2O4Si6. The Balaban J connectivity index is 3.02. The molecule has 0 aliphatic heterocycles. The predicted molar refractivity (Wildman–Crippen MR) is 182 cm³/mol. The minimum absolute atomic E-state index is 0.366. The first-order valence-electron chi connectivity index (χ1n) is 13.8. The van der Waals surface area contributed by atoms with Crippen molar-refractivity contribution < 1.29 is 16.5 Å². The fraction of sp³-hybridized carbons (Fsp3) is 0.500. The Labute approximate surface area is 249 Å². The van der Waals surface area contributed by atoms with E-state index in [0.29, 0.717) is 11.1 Å². The van der Waals surface area contributed by atoms with Crippen molar-refractivity contribution in [2.45, 2.75) is 91.7 Å². The lowest BCUT2D eigenvalue weighted by atomic mass is 10.0. The summed E-state index contributed by atoms with van der Waals surface area (Å²) in [5.41, 5.74) is 2.57. The van der Waals surface area contributed by atoms with E-state index >= 15 is 0 Å². The Bertz CT molecular complexity index is 1280. The van der Waals surface area contributed by atoms with Crippen LogP contribution in [0.4, 0.5) is 0 Å². The first-order valence-corrected chi connectivity index (χ1v) is 32.1. The molecule has 218 valence electrons. The second-order valence-electron chi connectivity index (χ2n) is 14.5. The highest BCUT2D eigenvalue weighted by atomic mass is 28.5. The summed E-state index contributed by atoms with van der Waals surface area (Å²) >= 11 is 0. The molecule has 0 aromatic heterocycles. The second-order valence-corrected chi connectivity index (χ2v) is 39.5. The number of benzene rings is 2. The molecule has 6 nitrogen and oxygen atoms in total. The average molecular weight is 645 g/mol. The van der Waals surface area contributed by atoms with E-state index < -0.39 is 50.4 Å². The first kappa shape index (κ1) is 34.8. The quantitative estimate of drug-likeness (QED) is 0.244. The van der Waals surface area contributed by atoms with Crippen molar-refractivity contribution in [1.29, 1.82) is 10.5 Å². The average Bonchev–Trinajstić information content (AvgIpc) is 2.73. The normalized spacial score (nSPS) is 13.6. The summed E-state index contributed by atoms with van der Waals surface area (Å²) in [5.74, 6) is 0. The molecule has 0 N–H and O–H groups in total. The van der Waals surface area contributed by atoms with E-state index in [1.807, 2.05) is 6.07 Å². The van der Waals surface area contributed by atoms with Crippen LogP contribution in [0.25, 0.3) is 11.1 Å². The summed E-state index contributed by atoms with van der Waals surface area (Å²) in [6, 6.07) is 16.2. The monoisotopic (exact) mass is 644 g/mol. The third kappa shape index (κ3) is 9.84. The Morgan fingerprint density at radius 3 is 1.18 bits per heavy atom. The molecule has 0 amide bonds. The van der Waals surface area contributed by atoms with Crippen LogP contribution in [0.5, 0.6) is 0 Å². The molecule has 0 heterocycles. The summed E-state index contributed by atoms with van der Waals surface area (Å²) in [4.78, 5) is 0. The Hall–Kier alpha value is -1.44. The maximum atomic E-state index is 9.68. The zero-order chi connectivity index (χ0) is 30.9. The largest absolute Gasteiger partial charge is 0.433 e. The Kier molecular flexibility index (Phi) is 10.5. The van der Waals surface area contributed by atoms with E-state index in [9.17, 15) is 10.5 Å². The lowest BCUT2D eigenvalue weighted by molar-refractivity contribution is 0.397. The summed E-state index contributed by atoms with van der Waals surface area (Å²) in [6.07, 6.45) is 0. The van der Waals surface area contributed by atoms with Crippen LogP contribution in [0.1, 0.15) is 11.1 Å². The molecule has 0 radical (unpaired) electrons. The van der Waals surface area contributed by atoms with E-state index in [1.165, 1.54) is 0 Å². The van der Waals surface area contributed by atoms with Crippen molar-refractivity contribution in [3.05, 3.63) is 47.5 Å². The van der Waals surface area contributed by atoms with Crippen molar-refractivity contribution in [1.82, 2.24) is 0 Å². The van der Waals surface area contributed by atoms with Crippen molar-refractivity contribution in [2.24, 2.45) is 0 Å². The molecule has 0 fully saturated rings. The Morgan fingerprint density at radius 1 is 0.450 bits per heavy atom. The van der Waals surface area contributed by atoms with Gasteiger partial charge in [0, 0.05) is 0 Å². The highest BCUT2D eigenvalue weighted by Gasteiger charge is 2.50. The fourth-order valence-electron chi connectivity index (χ4n) is 5.01. The number of hydrogen-bond acceptors (Lipinski definition) is 6. The van der Waals surface area contributed by atoms with Gasteiger partial charge in [-0.2, -0.15) is 10.5 Å². The molecule has 0 atom stereocenters. The smallest absolute Gasteiger partial charge is 0.348 e. The summed E-state index contributed by atoms with van der Waals surface area (Å²) in [6.45, 7) is 30.9. The van der Waals surface area contributed by atoms with Crippen LogP contribution in [0, 0.1) is 22.7 Å². The SMILES string of the molecule is C[Si](C)(C)O[Si](C)(O[Si](C)(C)C)c1ccc(-c2ccc(C#N)c(C#N)c2)cc1[Si](C)(O[Si](C)(C)C)O[Si](C)(C)C. The molecule has 2 aromatic carbocycles. The van der Waals surface area contributed by atoms with Crippen LogP contribution in [0.2, 0.25) is 91.7 Å².